The zero-order valence-corrected chi connectivity index (χ0v) is 7.90. The molecule has 13 heavy (non-hydrogen) atoms. The smallest absolute Gasteiger partial charge is 0.123 e. The summed E-state index contributed by atoms with van der Waals surface area (Å²) in [4.78, 5) is 6.30. The maximum atomic E-state index is 5.51. The highest BCUT2D eigenvalue weighted by molar-refractivity contribution is 5.47. The summed E-state index contributed by atoms with van der Waals surface area (Å²) in [5.74, 6) is 1.49. The van der Waals surface area contributed by atoms with E-state index in [-0.39, 0.29) is 0 Å². The van der Waals surface area contributed by atoms with E-state index in [1.807, 2.05) is 18.3 Å². The van der Waals surface area contributed by atoms with Gasteiger partial charge in [0.05, 0.1) is 11.9 Å². The van der Waals surface area contributed by atoms with Crippen LogP contribution in [-0.2, 0) is 0 Å². The number of nitrogens with two attached hydrogens (primary N) is 1. The van der Waals surface area contributed by atoms with E-state index in [4.69, 9.17) is 5.73 Å². The van der Waals surface area contributed by atoms with Crippen LogP contribution >= 0.6 is 0 Å². The van der Waals surface area contributed by atoms with Crippen molar-refractivity contribution in [1.29, 1.82) is 0 Å². The number of aromatic nitrogens is 1. The first-order valence-corrected chi connectivity index (χ1v) is 4.68. The first-order chi connectivity index (χ1) is 6.25. The van der Waals surface area contributed by atoms with Crippen LogP contribution in [-0.4, -0.2) is 18.6 Å². The molecule has 70 valence electrons. The van der Waals surface area contributed by atoms with Crippen molar-refractivity contribution in [3.63, 3.8) is 0 Å². The Morgan fingerprint density at radius 3 is 2.85 bits per heavy atom. The van der Waals surface area contributed by atoms with Gasteiger partial charge in [-0.15, -0.1) is 0 Å². The monoisotopic (exact) mass is 177 g/mol. The summed E-state index contributed by atoms with van der Waals surface area (Å²) in [6.07, 6.45) is 4.59. The van der Waals surface area contributed by atoms with E-state index in [0.717, 1.165) is 18.2 Å². The summed E-state index contributed by atoms with van der Waals surface area (Å²) in [6.45, 7) is 1.14. The number of hydrogen-bond donors (Lipinski definition) is 1. The Labute approximate surface area is 78.6 Å². The average Bonchev–Trinajstić information content (AvgIpc) is 2.89. The van der Waals surface area contributed by atoms with Crippen molar-refractivity contribution in [2.75, 3.05) is 24.2 Å². The van der Waals surface area contributed by atoms with Crippen LogP contribution in [0.5, 0.6) is 0 Å². The van der Waals surface area contributed by atoms with Gasteiger partial charge in [-0.3, -0.25) is 0 Å². The number of nitrogen functional groups attached to an aromatic ring is 1. The van der Waals surface area contributed by atoms with Crippen LogP contribution in [0.3, 0.4) is 0 Å². The molecular formula is C10H15N3. The molecule has 0 saturated heterocycles. The fraction of sp³-hybridized carbons (Fsp3) is 0.500. The van der Waals surface area contributed by atoms with Gasteiger partial charge < -0.3 is 10.6 Å². The van der Waals surface area contributed by atoms with Crippen LogP contribution in [0, 0.1) is 5.92 Å². The van der Waals surface area contributed by atoms with E-state index in [9.17, 15) is 0 Å². The number of rotatable bonds is 3. The van der Waals surface area contributed by atoms with Crippen molar-refractivity contribution in [3.05, 3.63) is 18.3 Å². The molecule has 1 aromatic heterocycles. The van der Waals surface area contributed by atoms with Crippen LogP contribution in [0.15, 0.2) is 18.3 Å². The second-order valence-corrected chi connectivity index (χ2v) is 3.77. The van der Waals surface area contributed by atoms with E-state index in [0.29, 0.717) is 5.82 Å². The number of nitrogens with zero attached hydrogens (tertiary/aromatic N) is 2. The summed E-state index contributed by atoms with van der Waals surface area (Å²) in [7, 11) is 2.10. The molecule has 1 heterocycles. The summed E-state index contributed by atoms with van der Waals surface area (Å²) in [5, 5.41) is 0. The van der Waals surface area contributed by atoms with Gasteiger partial charge in [-0.1, -0.05) is 0 Å². The highest BCUT2D eigenvalue weighted by atomic mass is 15.1. The van der Waals surface area contributed by atoms with Crippen LogP contribution in [0.25, 0.3) is 0 Å². The topological polar surface area (TPSA) is 42.1 Å². The van der Waals surface area contributed by atoms with Crippen molar-refractivity contribution in [2.24, 2.45) is 5.92 Å². The molecule has 1 aliphatic carbocycles. The summed E-state index contributed by atoms with van der Waals surface area (Å²) in [5.41, 5.74) is 6.66. The molecule has 0 aliphatic heterocycles. The van der Waals surface area contributed by atoms with Crippen molar-refractivity contribution in [3.8, 4) is 0 Å². The molecule has 1 aliphatic rings. The minimum absolute atomic E-state index is 0.587. The molecule has 0 spiro atoms. The molecule has 1 saturated carbocycles. The van der Waals surface area contributed by atoms with E-state index in [1.165, 1.54) is 12.8 Å². The van der Waals surface area contributed by atoms with Crippen LogP contribution in [0.4, 0.5) is 11.5 Å². The number of pyridine rings is 1. The highest BCUT2D eigenvalue weighted by Gasteiger charge is 2.22. The lowest BCUT2D eigenvalue weighted by atomic mass is 10.3. The third-order valence-electron chi connectivity index (χ3n) is 2.44. The van der Waals surface area contributed by atoms with Crippen LogP contribution in [0.2, 0.25) is 0 Å². The summed E-state index contributed by atoms with van der Waals surface area (Å²) >= 11 is 0. The van der Waals surface area contributed by atoms with Gasteiger partial charge in [-0.2, -0.15) is 0 Å². The SMILES string of the molecule is CN(CC1CC1)c1ccc(N)nc1. The molecule has 3 heteroatoms. The second-order valence-electron chi connectivity index (χ2n) is 3.77. The normalized spacial score (nSPS) is 15.8. The standard InChI is InChI=1S/C10H15N3/c1-13(7-8-2-3-8)9-4-5-10(11)12-6-9/h4-6,8H,2-3,7H2,1H3,(H2,11,12). The largest absolute Gasteiger partial charge is 0.384 e. The Morgan fingerprint density at radius 2 is 2.31 bits per heavy atom. The Balaban J connectivity index is 2.01. The zero-order valence-electron chi connectivity index (χ0n) is 7.90. The maximum Gasteiger partial charge on any atom is 0.123 e. The average molecular weight is 177 g/mol. The molecule has 3 nitrogen and oxygen atoms in total. The lowest BCUT2D eigenvalue weighted by Gasteiger charge is -2.18. The molecule has 2 N–H and O–H groups in total. The molecular weight excluding hydrogens is 162 g/mol. The first kappa shape index (κ1) is 8.35. The number of hydrogen-bond acceptors (Lipinski definition) is 3. The van der Waals surface area contributed by atoms with Crippen molar-refractivity contribution >= 4 is 11.5 Å². The van der Waals surface area contributed by atoms with Gasteiger partial charge in [-0.05, 0) is 30.9 Å². The zero-order chi connectivity index (χ0) is 9.26. The quantitative estimate of drug-likeness (QED) is 0.761. The Kier molecular flexibility index (Phi) is 2.08. The van der Waals surface area contributed by atoms with Gasteiger partial charge in [0.2, 0.25) is 0 Å². The molecule has 1 fully saturated rings. The van der Waals surface area contributed by atoms with E-state index in [1.54, 1.807) is 0 Å². The van der Waals surface area contributed by atoms with Crippen molar-refractivity contribution in [2.45, 2.75) is 12.8 Å². The minimum atomic E-state index is 0.587. The summed E-state index contributed by atoms with van der Waals surface area (Å²) < 4.78 is 0. The molecule has 1 aromatic rings. The minimum Gasteiger partial charge on any atom is -0.384 e. The highest BCUT2D eigenvalue weighted by Crippen LogP contribution is 2.30. The van der Waals surface area contributed by atoms with Crippen LogP contribution in [0.1, 0.15) is 12.8 Å². The third kappa shape index (κ3) is 2.11. The third-order valence-corrected chi connectivity index (χ3v) is 2.44. The van der Waals surface area contributed by atoms with Gasteiger partial charge in [0, 0.05) is 13.6 Å². The van der Waals surface area contributed by atoms with Gasteiger partial charge >= 0.3 is 0 Å². The van der Waals surface area contributed by atoms with E-state index in [2.05, 4.69) is 16.9 Å². The predicted molar refractivity (Wildman–Crippen MR) is 54.6 cm³/mol. The van der Waals surface area contributed by atoms with Gasteiger partial charge in [0.1, 0.15) is 5.82 Å². The lowest BCUT2D eigenvalue weighted by molar-refractivity contribution is 0.786. The van der Waals surface area contributed by atoms with E-state index < -0.39 is 0 Å². The summed E-state index contributed by atoms with van der Waals surface area (Å²) in [6, 6.07) is 3.86. The first-order valence-electron chi connectivity index (χ1n) is 4.68. The molecule has 0 aromatic carbocycles. The van der Waals surface area contributed by atoms with Crippen molar-refractivity contribution in [1.82, 2.24) is 4.98 Å². The molecule has 0 radical (unpaired) electrons. The maximum absolute atomic E-state index is 5.51. The number of anilines is 2. The molecule has 2 rings (SSSR count). The van der Waals surface area contributed by atoms with Crippen molar-refractivity contribution < 1.29 is 0 Å². The van der Waals surface area contributed by atoms with Gasteiger partial charge in [0.25, 0.3) is 0 Å². The second kappa shape index (κ2) is 3.24. The predicted octanol–water partition coefficient (Wildman–Crippen LogP) is 1.51. The lowest BCUT2D eigenvalue weighted by Crippen LogP contribution is -2.19. The van der Waals surface area contributed by atoms with Crippen LogP contribution < -0.4 is 10.6 Å². The molecule has 0 unspecified atom stereocenters. The van der Waals surface area contributed by atoms with E-state index >= 15 is 0 Å². The van der Waals surface area contributed by atoms with Gasteiger partial charge in [-0.25, -0.2) is 4.98 Å². The molecule has 0 bridgehead atoms. The fourth-order valence-electron chi connectivity index (χ4n) is 1.42. The molecule has 0 atom stereocenters. The Hall–Kier alpha value is -1.25. The Morgan fingerprint density at radius 1 is 1.54 bits per heavy atom. The molecule has 0 amide bonds. The fourth-order valence-corrected chi connectivity index (χ4v) is 1.42. The van der Waals surface area contributed by atoms with Gasteiger partial charge in [0.15, 0.2) is 0 Å². The Bertz CT molecular complexity index is 277.